The van der Waals surface area contributed by atoms with Gasteiger partial charge in [-0.05, 0) is 46.0 Å². The number of hydrogen-bond donors (Lipinski definition) is 2. The first-order chi connectivity index (χ1) is 15.9. The van der Waals surface area contributed by atoms with Crippen molar-refractivity contribution in [3.8, 4) is 33.4 Å². The zero-order valence-electron chi connectivity index (χ0n) is 17.1. The van der Waals surface area contributed by atoms with Gasteiger partial charge in [0.05, 0.1) is 21.6 Å². The Bertz CT molecular complexity index is 1390. The summed E-state index contributed by atoms with van der Waals surface area (Å²) in [6.45, 7) is 0. The molecule has 0 atom stereocenters. The van der Waals surface area contributed by atoms with E-state index in [4.69, 9.17) is 0 Å². The second-order valence-corrected chi connectivity index (χ2v) is 7.27. The Morgan fingerprint density at radius 3 is 1.52 bits per heavy atom. The van der Waals surface area contributed by atoms with Gasteiger partial charge in [0.1, 0.15) is 0 Å². The van der Waals surface area contributed by atoms with E-state index in [1.165, 1.54) is 18.2 Å². The van der Waals surface area contributed by atoms with Gasteiger partial charge in [-0.25, -0.2) is 9.59 Å². The van der Waals surface area contributed by atoms with Gasteiger partial charge in [0, 0.05) is 6.07 Å². The maximum atomic E-state index is 11.8. The van der Waals surface area contributed by atoms with E-state index in [0.29, 0.717) is 33.4 Å². The summed E-state index contributed by atoms with van der Waals surface area (Å²) in [5, 5.41) is 30.7. The number of aromatic carboxylic acids is 2. The van der Waals surface area contributed by atoms with Crippen molar-refractivity contribution < 1.29 is 24.7 Å². The molecule has 4 aromatic carbocycles. The molecule has 0 saturated carbocycles. The van der Waals surface area contributed by atoms with Crippen LogP contribution < -0.4 is 0 Å². The largest absolute Gasteiger partial charge is 0.478 e. The number of carboxylic acids is 2. The first kappa shape index (κ1) is 21.5. The lowest BCUT2D eigenvalue weighted by Gasteiger charge is -2.10. The molecule has 0 aliphatic heterocycles. The van der Waals surface area contributed by atoms with E-state index in [1.54, 1.807) is 72.8 Å². The number of hydrogen-bond acceptors (Lipinski definition) is 4. The monoisotopic (exact) mass is 439 g/mol. The Morgan fingerprint density at radius 1 is 0.606 bits per heavy atom. The molecule has 7 nitrogen and oxygen atoms in total. The third kappa shape index (κ3) is 4.20. The highest BCUT2D eigenvalue weighted by Gasteiger charge is 2.19. The van der Waals surface area contributed by atoms with Crippen molar-refractivity contribution in [3.63, 3.8) is 0 Å². The SMILES string of the molecule is O=C(O)c1ccccc1-c1ccc(-c2ccc(-c3ccccc3C(=O)O)cc2[N+](=O)[O-])cc1. The second-order valence-electron chi connectivity index (χ2n) is 7.27. The van der Waals surface area contributed by atoms with Crippen molar-refractivity contribution in [1.82, 2.24) is 0 Å². The van der Waals surface area contributed by atoms with Crippen molar-refractivity contribution in [1.29, 1.82) is 0 Å². The molecule has 0 heterocycles. The van der Waals surface area contributed by atoms with Crippen LogP contribution in [0.25, 0.3) is 33.4 Å². The van der Waals surface area contributed by atoms with E-state index >= 15 is 0 Å². The molecule has 0 saturated heterocycles. The Kier molecular flexibility index (Phi) is 5.69. The average Bonchev–Trinajstić information content (AvgIpc) is 2.83. The molecule has 0 unspecified atom stereocenters. The predicted molar refractivity (Wildman–Crippen MR) is 123 cm³/mol. The molecule has 0 aliphatic carbocycles. The Morgan fingerprint density at radius 2 is 1.03 bits per heavy atom. The van der Waals surface area contributed by atoms with Gasteiger partial charge < -0.3 is 10.2 Å². The minimum absolute atomic E-state index is 0.0565. The fourth-order valence-corrected chi connectivity index (χ4v) is 3.77. The molecule has 2 N–H and O–H groups in total. The van der Waals surface area contributed by atoms with Crippen LogP contribution in [0.1, 0.15) is 20.7 Å². The highest BCUT2D eigenvalue weighted by molar-refractivity contribution is 5.97. The van der Waals surface area contributed by atoms with Crippen molar-refractivity contribution >= 4 is 17.6 Å². The molecule has 0 amide bonds. The van der Waals surface area contributed by atoms with Crippen LogP contribution in [0.5, 0.6) is 0 Å². The van der Waals surface area contributed by atoms with Crippen LogP contribution in [-0.2, 0) is 0 Å². The van der Waals surface area contributed by atoms with Crippen LogP contribution in [0.2, 0.25) is 0 Å². The summed E-state index contributed by atoms with van der Waals surface area (Å²) in [4.78, 5) is 34.4. The van der Waals surface area contributed by atoms with E-state index < -0.39 is 16.9 Å². The number of nitrogens with zero attached hydrogens (tertiary/aromatic N) is 1. The summed E-state index contributed by atoms with van der Waals surface area (Å²) >= 11 is 0. The van der Waals surface area contributed by atoms with Crippen LogP contribution >= 0.6 is 0 Å². The van der Waals surface area contributed by atoms with Crippen LogP contribution in [0.4, 0.5) is 5.69 Å². The molecule has 0 bridgehead atoms. The van der Waals surface area contributed by atoms with Crippen LogP contribution in [0, 0.1) is 10.1 Å². The van der Waals surface area contributed by atoms with Crippen molar-refractivity contribution in [2.45, 2.75) is 0 Å². The number of benzene rings is 4. The average molecular weight is 439 g/mol. The molecule has 0 spiro atoms. The summed E-state index contributed by atoms with van der Waals surface area (Å²) in [5.41, 5.74) is 3.05. The molecule has 4 rings (SSSR count). The lowest BCUT2D eigenvalue weighted by Crippen LogP contribution is -2.00. The molecule has 0 aliphatic rings. The van der Waals surface area contributed by atoms with Gasteiger partial charge in [0.2, 0.25) is 0 Å². The van der Waals surface area contributed by atoms with E-state index in [9.17, 15) is 29.9 Å². The number of carbonyl (C=O) groups is 2. The number of carboxylic acid groups (broad SMARTS) is 2. The zero-order valence-corrected chi connectivity index (χ0v) is 17.1. The zero-order chi connectivity index (χ0) is 23.5. The molecular formula is C26H17NO6. The highest BCUT2D eigenvalue weighted by Crippen LogP contribution is 2.36. The predicted octanol–water partition coefficient (Wildman–Crippen LogP) is 5.99. The summed E-state index contributed by atoms with van der Waals surface area (Å²) in [7, 11) is 0. The summed E-state index contributed by atoms with van der Waals surface area (Å²) < 4.78 is 0. The first-order valence-electron chi connectivity index (χ1n) is 9.91. The number of nitro benzene ring substituents is 1. The smallest absolute Gasteiger partial charge is 0.336 e. The third-order valence-corrected chi connectivity index (χ3v) is 5.33. The summed E-state index contributed by atoms with van der Waals surface area (Å²) in [6.07, 6.45) is 0. The van der Waals surface area contributed by atoms with Gasteiger partial charge in [-0.1, -0.05) is 66.7 Å². The molecule has 162 valence electrons. The third-order valence-electron chi connectivity index (χ3n) is 5.33. The summed E-state index contributed by atoms with van der Waals surface area (Å²) in [6, 6.07) is 24.4. The standard InChI is InChI=1S/C26H17NO6/c28-25(29)22-7-3-1-5-19(22)16-9-11-17(12-10-16)21-14-13-18(15-24(21)27(32)33)20-6-2-4-8-23(20)26(30)31/h1-15H,(H,28,29)(H,30,31). The second kappa shape index (κ2) is 8.76. The maximum absolute atomic E-state index is 11.8. The van der Waals surface area contributed by atoms with Crippen molar-refractivity contribution in [3.05, 3.63) is 112 Å². The Hall–Kier alpha value is -4.78. The highest BCUT2D eigenvalue weighted by atomic mass is 16.6. The lowest BCUT2D eigenvalue weighted by atomic mass is 9.94. The van der Waals surface area contributed by atoms with Crippen LogP contribution in [0.15, 0.2) is 91.0 Å². The van der Waals surface area contributed by atoms with E-state index in [1.807, 2.05) is 0 Å². The van der Waals surface area contributed by atoms with Gasteiger partial charge in [0.25, 0.3) is 5.69 Å². The summed E-state index contributed by atoms with van der Waals surface area (Å²) in [5.74, 6) is -2.16. The van der Waals surface area contributed by atoms with E-state index in [0.717, 1.165) is 0 Å². The van der Waals surface area contributed by atoms with Crippen LogP contribution in [0.3, 0.4) is 0 Å². The molecular weight excluding hydrogens is 422 g/mol. The first-order valence-corrected chi connectivity index (χ1v) is 9.91. The maximum Gasteiger partial charge on any atom is 0.336 e. The molecule has 33 heavy (non-hydrogen) atoms. The van der Waals surface area contributed by atoms with E-state index in [-0.39, 0.29) is 16.8 Å². The number of rotatable bonds is 6. The van der Waals surface area contributed by atoms with E-state index in [2.05, 4.69) is 0 Å². The number of nitro groups is 1. The fourth-order valence-electron chi connectivity index (χ4n) is 3.77. The van der Waals surface area contributed by atoms with Gasteiger partial charge >= 0.3 is 11.9 Å². The fraction of sp³-hybridized carbons (Fsp3) is 0. The van der Waals surface area contributed by atoms with Crippen LogP contribution in [-0.4, -0.2) is 27.1 Å². The minimum atomic E-state index is -1.12. The Balaban J connectivity index is 1.77. The minimum Gasteiger partial charge on any atom is -0.478 e. The van der Waals surface area contributed by atoms with Gasteiger partial charge in [-0.15, -0.1) is 0 Å². The van der Waals surface area contributed by atoms with Gasteiger partial charge in [-0.2, -0.15) is 0 Å². The van der Waals surface area contributed by atoms with Gasteiger partial charge in [-0.3, -0.25) is 10.1 Å². The topological polar surface area (TPSA) is 118 Å². The quantitative estimate of drug-likeness (QED) is 0.281. The molecule has 7 heteroatoms. The molecule has 0 aromatic heterocycles. The molecule has 0 fully saturated rings. The Labute approximate surface area is 188 Å². The lowest BCUT2D eigenvalue weighted by molar-refractivity contribution is -0.384. The molecule has 4 aromatic rings. The van der Waals surface area contributed by atoms with Crippen molar-refractivity contribution in [2.75, 3.05) is 0 Å². The normalized spacial score (nSPS) is 10.5. The van der Waals surface area contributed by atoms with Gasteiger partial charge in [0.15, 0.2) is 0 Å². The van der Waals surface area contributed by atoms with Crippen molar-refractivity contribution in [2.24, 2.45) is 0 Å². The molecule has 0 radical (unpaired) electrons.